The Morgan fingerprint density at radius 2 is 1.80 bits per heavy atom. The van der Waals surface area contributed by atoms with Crippen molar-refractivity contribution in [1.82, 2.24) is 4.57 Å². The van der Waals surface area contributed by atoms with Crippen LogP contribution in [0.15, 0.2) is 41.2 Å². The monoisotopic (exact) mass is 410 g/mol. The number of aliphatic carboxylic acids is 1. The van der Waals surface area contributed by atoms with Gasteiger partial charge >= 0.3 is 5.97 Å². The molecule has 160 valence electrons. The molecule has 2 rings (SSSR count). The maximum Gasteiger partial charge on any atom is 0.328 e. The summed E-state index contributed by atoms with van der Waals surface area (Å²) in [5.74, 6) is -1.46. The Morgan fingerprint density at radius 3 is 2.37 bits per heavy atom. The van der Waals surface area contributed by atoms with Crippen LogP contribution in [0.4, 0.5) is 5.69 Å². The Balaban J connectivity index is 2.34. The lowest BCUT2D eigenvalue weighted by molar-refractivity contribution is -0.131. The smallest absolute Gasteiger partial charge is 0.328 e. The van der Waals surface area contributed by atoms with E-state index in [1.165, 1.54) is 6.08 Å². The van der Waals surface area contributed by atoms with Crippen molar-refractivity contribution >= 4 is 23.6 Å². The zero-order valence-electron chi connectivity index (χ0n) is 17.9. The number of aryl methyl sites for hydroxylation is 1. The summed E-state index contributed by atoms with van der Waals surface area (Å²) >= 11 is 0. The van der Waals surface area contributed by atoms with Crippen LogP contribution in [0.5, 0.6) is 0 Å². The van der Waals surface area contributed by atoms with Gasteiger partial charge in [0.25, 0.3) is 11.5 Å². The van der Waals surface area contributed by atoms with Gasteiger partial charge in [0.1, 0.15) is 5.56 Å². The molecule has 2 N–H and O–H groups in total. The lowest BCUT2D eigenvalue weighted by atomic mass is 10.0. The van der Waals surface area contributed by atoms with Gasteiger partial charge in [0.05, 0.1) is 0 Å². The molecule has 2 aromatic rings. The van der Waals surface area contributed by atoms with Crippen molar-refractivity contribution < 1.29 is 14.7 Å². The van der Waals surface area contributed by atoms with Gasteiger partial charge in [-0.25, -0.2) is 4.79 Å². The third-order valence-electron chi connectivity index (χ3n) is 4.93. The first kappa shape index (κ1) is 23.1. The van der Waals surface area contributed by atoms with Crippen molar-refractivity contribution in [2.75, 3.05) is 5.32 Å². The fourth-order valence-electron chi connectivity index (χ4n) is 3.36. The summed E-state index contributed by atoms with van der Waals surface area (Å²) in [5, 5.41) is 11.5. The van der Waals surface area contributed by atoms with Gasteiger partial charge in [0, 0.05) is 24.0 Å². The molecule has 0 aliphatic carbocycles. The number of pyridine rings is 1. The SMILES string of the molecule is CCCCn1c(CCC)c(CC)cc(C(=O)Nc2ccc(C=CC(=O)O)cc2)c1=O. The predicted molar refractivity (Wildman–Crippen MR) is 120 cm³/mol. The number of rotatable bonds is 10. The molecule has 1 heterocycles. The van der Waals surface area contributed by atoms with E-state index in [1.54, 1.807) is 34.9 Å². The van der Waals surface area contributed by atoms with Crippen LogP contribution >= 0.6 is 0 Å². The van der Waals surface area contributed by atoms with Crippen LogP contribution in [0.1, 0.15) is 67.2 Å². The van der Waals surface area contributed by atoms with Crippen LogP contribution in [-0.4, -0.2) is 21.6 Å². The van der Waals surface area contributed by atoms with Gasteiger partial charge < -0.3 is 15.0 Å². The van der Waals surface area contributed by atoms with E-state index >= 15 is 0 Å². The second-order valence-corrected chi connectivity index (χ2v) is 7.19. The van der Waals surface area contributed by atoms with Gasteiger partial charge in [-0.2, -0.15) is 0 Å². The van der Waals surface area contributed by atoms with Crippen molar-refractivity contribution in [3.63, 3.8) is 0 Å². The van der Waals surface area contributed by atoms with Crippen LogP contribution in [-0.2, 0) is 24.2 Å². The highest BCUT2D eigenvalue weighted by atomic mass is 16.4. The van der Waals surface area contributed by atoms with E-state index in [0.29, 0.717) is 17.8 Å². The standard InChI is InChI=1S/C24H30N2O4/c1-4-7-15-26-21(8-5-2)18(6-3)16-20(24(26)30)23(29)25-19-12-9-17(10-13-19)11-14-22(27)28/h9-14,16H,4-8,15H2,1-3H3,(H,25,29)(H,27,28). The third-order valence-corrected chi connectivity index (χ3v) is 4.93. The number of nitrogens with zero attached hydrogens (tertiary/aromatic N) is 1. The summed E-state index contributed by atoms with van der Waals surface area (Å²) in [5.41, 5.74) is 3.22. The molecule has 0 fully saturated rings. The Morgan fingerprint density at radius 1 is 1.10 bits per heavy atom. The number of unbranched alkanes of at least 4 members (excludes halogenated alkanes) is 1. The van der Waals surface area contributed by atoms with Crippen LogP contribution in [0.2, 0.25) is 0 Å². The second kappa shape index (κ2) is 11.1. The molecule has 0 saturated heterocycles. The summed E-state index contributed by atoms with van der Waals surface area (Å²) in [6, 6.07) is 8.50. The minimum atomic E-state index is -1.02. The zero-order valence-corrected chi connectivity index (χ0v) is 17.9. The number of carbonyl (C=O) groups is 2. The first-order chi connectivity index (χ1) is 14.4. The molecule has 0 unspecified atom stereocenters. The normalized spacial score (nSPS) is 11.0. The summed E-state index contributed by atoms with van der Waals surface area (Å²) in [4.78, 5) is 36.6. The number of carboxylic acid groups (broad SMARTS) is 1. The molecule has 6 heteroatoms. The van der Waals surface area contributed by atoms with Gasteiger partial charge in [-0.05, 0) is 54.7 Å². The van der Waals surface area contributed by atoms with Gasteiger partial charge in [0.2, 0.25) is 0 Å². The Bertz CT molecular complexity index is 972. The third kappa shape index (κ3) is 5.92. The lowest BCUT2D eigenvalue weighted by Gasteiger charge is -2.18. The molecule has 0 spiro atoms. The fourth-order valence-corrected chi connectivity index (χ4v) is 3.36. The lowest BCUT2D eigenvalue weighted by Crippen LogP contribution is -2.32. The second-order valence-electron chi connectivity index (χ2n) is 7.19. The molecule has 30 heavy (non-hydrogen) atoms. The van der Waals surface area contributed by atoms with Gasteiger partial charge in [-0.3, -0.25) is 9.59 Å². The van der Waals surface area contributed by atoms with E-state index in [4.69, 9.17) is 5.11 Å². The minimum absolute atomic E-state index is 0.151. The van der Waals surface area contributed by atoms with Gasteiger partial charge in [-0.15, -0.1) is 0 Å². The maximum absolute atomic E-state index is 13.1. The average molecular weight is 411 g/mol. The van der Waals surface area contributed by atoms with Crippen LogP contribution in [0.3, 0.4) is 0 Å². The first-order valence-corrected chi connectivity index (χ1v) is 10.5. The van der Waals surface area contributed by atoms with Crippen molar-refractivity contribution in [2.45, 2.75) is 59.4 Å². The van der Waals surface area contributed by atoms with Crippen molar-refractivity contribution in [3.05, 3.63) is 69.1 Å². The summed E-state index contributed by atoms with van der Waals surface area (Å²) in [7, 11) is 0. The van der Waals surface area contributed by atoms with Crippen molar-refractivity contribution in [3.8, 4) is 0 Å². The fraction of sp³-hybridized carbons (Fsp3) is 0.375. The molecule has 1 amide bonds. The number of hydrogen-bond donors (Lipinski definition) is 2. The number of carbonyl (C=O) groups excluding carboxylic acids is 1. The van der Waals surface area contributed by atoms with E-state index in [9.17, 15) is 14.4 Å². The number of nitrogens with one attached hydrogen (secondary N) is 1. The number of amides is 1. The summed E-state index contributed by atoms with van der Waals surface area (Å²) < 4.78 is 1.78. The van der Waals surface area contributed by atoms with E-state index in [0.717, 1.165) is 49.4 Å². The molecule has 0 radical (unpaired) electrons. The number of benzene rings is 1. The molecular formula is C24H30N2O4. The molecule has 0 aliphatic heterocycles. The predicted octanol–water partition coefficient (Wildman–Crippen LogP) is 4.51. The zero-order chi connectivity index (χ0) is 22.1. The topological polar surface area (TPSA) is 88.4 Å². The number of aromatic nitrogens is 1. The average Bonchev–Trinajstić information content (AvgIpc) is 2.73. The molecule has 0 saturated carbocycles. The highest BCUT2D eigenvalue weighted by Crippen LogP contribution is 2.16. The van der Waals surface area contributed by atoms with Crippen LogP contribution in [0.25, 0.3) is 6.08 Å². The molecule has 0 aliphatic rings. The van der Waals surface area contributed by atoms with E-state index in [2.05, 4.69) is 19.2 Å². The highest BCUT2D eigenvalue weighted by molar-refractivity contribution is 6.04. The minimum Gasteiger partial charge on any atom is -0.478 e. The van der Waals surface area contributed by atoms with Gasteiger partial charge in [0.15, 0.2) is 0 Å². The molecule has 0 bridgehead atoms. The molecule has 6 nitrogen and oxygen atoms in total. The number of carboxylic acids is 1. The Hall–Kier alpha value is -3.15. The Kier molecular flexibility index (Phi) is 8.59. The first-order valence-electron chi connectivity index (χ1n) is 10.5. The number of anilines is 1. The molecule has 1 aromatic heterocycles. The van der Waals surface area contributed by atoms with Crippen LogP contribution < -0.4 is 10.9 Å². The van der Waals surface area contributed by atoms with Gasteiger partial charge in [-0.1, -0.05) is 45.7 Å². The summed E-state index contributed by atoms with van der Waals surface area (Å²) in [6.07, 6.45) is 6.89. The molecule has 0 atom stereocenters. The quantitative estimate of drug-likeness (QED) is 0.564. The Labute approximate surface area is 177 Å². The summed E-state index contributed by atoms with van der Waals surface area (Å²) in [6.45, 7) is 6.82. The molecule has 1 aromatic carbocycles. The van der Waals surface area contributed by atoms with E-state index < -0.39 is 11.9 Å². The van der Waals surface area contributed by atoms with E-state index in [1.807, 2.05) is 6.92 Å². The molecular weight excluding hydrogens is 380 g/mol. The maximum atomic E-state index is 13.1. The van der Waals surface area contributed by atoms with E-state index in [-0.39, 0.29) is 11.1 Å². The van der Waals surface area contributed by atoms with Crippen LogP contribution in [0, 0.1) is 0 Å². The van der Waals surface area contributed by atoms with Crippen molar-refractivity contribution in [2.24, 2.45) is 0 Å². The van der Waals surface area contributed by atoms with Crippen molar-refractivity contribution in [1.29, 1.82) is 0 Å². The highest BCUT2D eigenvalue weighted by Gasteiger charge is 2.18. The largest absolute Gasteiger partial charge is 0.478 e. The number of hydrogen-bond acceptors (Lipinski definition) is 3.